The van der Waals surface area contributed by atoms with Gasteiger partial charge >= 0.3 is 5.97 Å². The monoisotopic (exact) mass is 374 g/mol. The maximum Gasteiger partial charge on any atom is 0.338 e. The van der Waals surface area contributed by atoms with Crippen molar-refractivity contribution in [3.63, 3.8) is 0 Å². The van der Waals surface area contributed by atoms with E-state index in [9.17, 15) is 18.4 Å². The molecule has 142 valence electrons. The second kappa shape index (κ2) is 8.16. The number of hydrogen-bond donors (Lipinski definition) is 0. The minimum Gasteiger partial charge on any atom is -0.452 e. The molecule has 1 saturated heterocycles. The van der Waals surface area contributed by atoms with E-state index in [1.165, 1.54) is 18.2 Å². The van der Waals surface area contributed by atoms with Gasteiger partial charge < -0.3 is 14.5 Å². The van der Waals surface area contributed by atoms with Gasteiger partial charge in [0.15, 0.2) is 6.61 Å². The summed E-state index contributed by atoms with van der Waals surface area (Å²) in [6, 6.07) is 10.5. The van der Waals surface area contributed by atoms with Crippen molar-refractivity contribution < 1.29 is 23.1 Å². The number of piperazine rings is 1. The van der Waals surface area contributed by atoms with E-state index >= 15 is 0 Å². The lowest BCUT2D eigenvalue weighted by Gasteiger charge is -2.36. The molecule has 0 aliphatic carbocycles. The lowest BCUT2D eigenvalue weighted by molar-refractivity contribution is -0.134. The molecule has 0 bridgehead atoms. The molecular formula is C20H20F2N2O3. The molecule has 0 aromatic heterocycles. The van der Waals surface area contributed by atoms with Crippen molar-refractivity contribution in [2.45, 2.75) is 6.92 Å². The van der Waals surface area contributed by atoms with Crippen LogP contribution in [0.15, 0.2) is 42.5 Å². The van der Waals surface area contributed by atoms with Crippen LogP contribution < -0.4 is 4.90 Å². The molecule has 3 rings (SSSR count). The number of rotatable bonds is 4. The summed E-state index contributed by atoms with van der Waals surface area (Å²) in [5.41, 5.74) is 1.00. The Hall–Kier alpha value is -2.96. The number of hydrogen-bond acceptors (Lipinski definition) is 4. The first-order valence-electron chi connectivity index (χ1n) is 8.66. The Morgan fingerprint density at radius 1 is 1.00 bits per heavy atom. The van der Waals surface area contributed by atoms with Crippen LogP contribution in [-0.4, -0.2) is 49.6 Å². The van der Waals surface area contributed by atoms with Gasteiger partial charge in [-0.2, -0.15) is 0 Å². The summed E-state index contributed by atoms with van der Waals surface area (Å²) in [5.74, 6) is -1.87. The number of aryl methyl sites for hydroxylation is 1. The summed E-state index contributed by atoms with van der Waals surface area (Å²) in [6.07, 6.45) is 0. The summed E-state index contributed by atoms with van der Waals surface area (Å²) in [7, 11) is 0. The van der Waals surface area contributed by atoms with Gasteiger partial charge in [-0.15, -0.1) is 0 Å². The normalized spacial score (nSPS) is 14.2. The Morgan fingerprint density at radius 2 is 1.70 bits per heavy atom. The van der Waals surface area contributed by atoms with Crippen LogP contribution in [0.1, 0.15) is 15.9 Å². The van der Waals surface area contributed by atoms with E-state index in [0.29, 0.717) is 37.4 Å². The number of nitrogens with zero attached hydrogens (tertiary/aromatic N) is 2. The van der Waals surface area contributed by atoms with E-state index in [0.717, 1.165) is 6.07 Å². The lowest BCUT2D eigenvalue weighted by atomic mass is 10.1. The zero-order valence-corrected chi connectivity index (χ0v) is 15.0. The lowest BCUT2D eigenvalue weighted by Crippen LogP contribution is -2.50. The molecule has 0 atom stereocenters. The van der Waals surface area contributed by atoms with Crippen molar-refractivity contribution in [1.82, 2.24) is 4.90 Å². The summed E-state index contributed by atoms with van der Waals surface area (Å²) in [4.78, 5) is 27.7. The van der Waals surface area contributed by atoms with Crippen LogP contribution >= 0.6 is 0 Å². The molecule has 0 saturated carbocycles. The van der Waals surface area contributed by atoms with E-state index < -0.39 is 18.4 Å². The number of ether oxygens (including phenoxy) is 1. The molecule has 1 fully saturated rings. The largest absolute Gasteiger partial charge is 0.452 e. The number of halogens is 2. The Labute approximate surface area is 156 Å². The van der Waals surface area contributed by atoms with Gasteiger partial charge in [0.2, 0.25) is 0 Å². The van der Waals surface area contributed by atoms with E-state index in [1.54, 1.807) is 30.0 Å². The number of esters is 1. The van der Waals surface area contributed by atoms with E-state index in [4.69, 9.17) is 4.74 Å². The van der Waals surface area contributed by atoms with Crippen LogP contribution in [0, 0.1) is 18.6 Å². The van der Waals surface area contributed by atoms with E-state index in [1.807, 2.05) is 4.90 Å². The molecule has 5 nitrogen and oxygen atoms in total. The first-order chi connectivity index (χ1) is 13.0. The van der Waals surface area contributed by atoms with Crippen LogP contribution in [0.2, 0.25) is 0 Å². The molecule has 7 heteroatoms. The van der Waals surface area contributed by atoms with Gasteiger partial charge in [0, 0.05) is 26.2 Å². The molecule has 0 radical (unpaired) electrons. The van der Waals surface area contributed by atoms with Crippen LogP contribution in [0.25, 0.3) is 0 Å². The summed E-state index contributed by atoms with van der Waals surface area (Å²) < 4.78 is 32.4. The molecule has 27 heavy (non-hydrogen) atoms. The topological polar surface area (TPSA) is 49.9 Å². The maximum atomic E-state index is 13.8. The maximum absolute atomic E-state index is 13.8. The second-order valence-electron chi connectivity index (χ2n) is 6.36. The minimum atomic E-state index is -0.743. The SMILES string of the molecule is Cc1ccc(C(=O)OCC(=O)N2CCN(c3ccccc3F)CC2)cc1F. The van der Waals surface area contributed by atoms with Gasteiger partial charge in [-0.25, -0.2) is 13.6 Å². The van der Waals surface area contributed by atoms with Crippen LogP contribution in [0.5, 0.6) is 0 Å². The molecule has 0 N–H and O–H groups in total. The highest BCUT2D eigenvalue weighted by atomic mass is 19.1. The molecule has 1 aliphatic rings. The summed E-state index contributed by atoms with van der Waals surface area (Å²) >= 11 is 0. The van der Waals surface area contributed by atoms with Crippen molar-refractivity contribution in [3.05, 3.63) is 65.2 Å². The van der Waals surface area contributed by atoms with Crippen LogP contribution in [0.4, 0.5) is 14.5 Å². The Bertz CT molecular complexity index is 849. The van der Waals surface area contributed by atoms with Crippen molar-refractivity contribution in [1.29, 1.82) is 0 Å². The molecule has 1 heterocycles. The zero-order valence-electron chi connectivity index (χ0n) is 15.0. The van der Waals surface area contributed by atoms with Gasteiger partial charge in [-0.05, 0) is 36.8 Å². The molecule has 1 amide bonds. The molecule has 0 unspecified atom stereocenters. The molecule has 1 aliphatic heterocycles. The molecular weight excluding hydrogens is 354 g/mol. The fourth-order valence-electron chi connectivity index (χ4n) is 2.93. The first-order valence-corrected chi connectivity index (χ1v) is 8.66. The predicted octanol–water partition coefficient (Wildman–Crippen LogP) is 2.78. The number of carbonyl (C=O) groups excluding carboxylic acids is 2. The van der Waals surface area contributed by atoms with Gasteiger partial charge in [0.1, 0.15) is 11.6 Å². The highest BCUT2D eigenvalue weighted by molar-refractivity contribution is 5.91. The van der Waals surface area contributed by atoms with Gasteiger partial charge in [0.25, 0.3) is 5.91 Å². The average molecular weight is 374 g/mol. The molecule has 2 aromatic carbocycles. The second-order valence-corrected chi connectivity index (χ2v) is 6.36. The fourth-order valence-corrected chi connectivity index (χ4v) is 2.93. The number of amides is 1. The fraction of sp³-hybridized carbons (Fsp3) is 0.300. The third kappa shape index (κ3) is 4.42. The van der Waals surface area contributed by atoms with Crippen LogP contribution in [-0.2, 0) is 9.53 Å². The highest BCUT2D eigenvalue weighted by Gasteiger charge is 2.23. The predicted molar refractivity (Wildman–Crippen MR) is 96.6 cm³/mol. The minimum absolute atomic E-state index is 0.0651. The third-order valence-corrected chi connectivity index (χ3v) is 4.56. The van der Waals surface area contributed by atoms with Crippen molar-refractivity contribution in [2.75, 3.05) is 37.7 Å². The van der Waals surface area contributed by atoms with Crippen molar-refractivity contribution in [2.24, 2.45) is 0 Å². The number of anilines is 1. The van der Waals surface area contributed by atoms with Gasteiger partial charge in [-0.3, -0.25) is 4.79 Å². The molecule has 2 aromatic rings. The smallest absolute Gasteiger partial charge is 0.338 e. The van der Waals surface area contributed by atoms with Crippen molar-refractivity contribution in [3.8, 4) is 0 Å². The number of carbonyl (C=O) groups is 2. The summed E-state index contributed by atoms with van der Waals surface area (Å²) in [5, 5.41) is 0. The highest BCUT2D eigenvalue weighted by Crippen LogP contribution is 2.20. The Balaban J connectivity index is 1.50. The van der Waals surface area contributed by atoms with E-state index in [2.05, 4.69) is 0 Å². The van der Waals surface area contributed by atoms with Gasteiger partial charge in [0.05, 0.1) is 11.3 Å². The van der Waals surface area contributed by atoms with Crippen molar-refractivity contribution >= 4 is 17.6 Å². The third-order valence-electron chi connectivity index (χ3n) is 4.56. The Morgan fingerprint density at radius 3 is 2.37 bits per heavy atom. The number of para-hydroxylation sites is 1. The quantitative estimate of drug-likeness (QED) is 0.773. The summed E-state index contributed by atoms with van der Waals surface area (Å²) in [6.45, 7) is 2.98. The van der Waals surface area contributed by atoms with E-state index in [-0.39, 0.29) is 17.3 Å². The molecule has 0 spiro atoms. The number of benzene rings is 2. The zero-order chi connectivity index (χ0) is 19.4. The average Bonchev–Trinajstić information content (AvgIpc) is 2.68. The first kappa shape index (κ1) is 18.8. The van der Waals surface area contributed by atoms with Gasteiger partial charge in [-0.1, -0.05) is 18.2 Å². The van der Waals surface area contributed by atoms with Crippen LogP contribution in [0.3, 0.4) is 0 Å². The standard InChI is InChI=1S/C20H20F2N2O3/c1-14-6-7-15(12-17(14)22)20(26)27-13-19(25)24-10-8-23(9-11-24)18-5-3-2-4-16(18)21/h2-7,12H,8-11,13H2,1H3. The Kier molecular flexibility index (Phi) is 5.69.